The maximum atomic E-state index is 12.8. The van der Waals surface area contributed by atoms with E-state index in [0.29, 0.717) is 45.9 Å². The van der Waals surface area contributed by atoms with Crippen LogP contribution in [-0.2, 0) is 4.79 Å². The largest absolute Gasteiger partial charge is 0.493 e. The molecule has 0 aromatic heterocycles. The maximum absolute atomic E-state index is 12.8. The molecule has 0 spiro atoms. The lowest BCUT2D eigenvalue weighted by Gasteiger charge is -2.13. The number of hydrogen-bond acceptors (Lipinski definition) is 5. The number of ether oxygens (including phenoxy) is 2. The molecule has 0 unspecified atom stereocenters. The molecule has 0 atom stereocenters. The summed E-state index contributed by atoms with van der Waals surface area (Å²) in [6.45, 7) is 4.75. The van der Waals surface area contributed by atoms with Crippen molar-refractivity contribution >= 4 is 62.2 Å². The Morgan fingerprint density at radius 2 is 1.71 bits per heavy atom. The predicted octanol–water partition coefficient (Wildman–Crippen LogP) is 6.14. The zero-order valence-corrected chi connectivity index (χ0v) is 18.4. The standard InChI is InChI=1S/C20H17BrClNO4S/c1-3-26-16-11-17(27-4-2)15(21)9-12(16)10-18-19(24)23(20(25)28-18)14-7-5-13(22)6-8-14/h5-11H,3-4H2,1-2H3. The third-order valence-corrected chi connectivity index (χ3v) is 5.57. The molecule has 1 heterocycles. The molecule has 2 aromatic carbocycles. The smallest absolute Gasteiger partial charge is 0.298 e. The fraction of sp³-hybridized carbons (Fsp3) is 0.200. The molecule has 2 aromatic rings. The van der Waals surface area contributed by atoms with Gasteiger partial charge in [-0.2, -0.15) is 0 Å². The van der Waals surface area contributed by atoms with Crippen molar-refractivity contribution in [3.63, 3.8) is 0 Å². The summed E-state index contributed by atoms with van der Waals surface area (Å²) in [5, 5.41) is 0.174. The van der Waals surface area contributed by atoms with Crippen molar-refractivity contribution in [3.05, 3.63) is 56.4 Å². The van der Waals surface area contributed by atoms with E-state index in [1.54, 1.807) is 36.4 Å². The summed E-state index contributed by atoms with van der Waals surface area (Å²) in [5.74, 6) is 0.842. The van der Waals surface area contributed by atoms with Crippen LogP contribution in [0.25, 0.3) is 6.08 Å². The van der Waals surface area contributed by atoms with Crippen LogP contribution >= 0.6 is 39.3 Å². The Labute approximate surface area is 180 Å². The van der Waals surface area contributed by atoms with Crippen LogP contribution in [0.5, 0.6) is 11.5 Å². The minimum Gasteiger partial charge on any atom is -0.493 e. The molecule has 28 heavy (non-hydrogen) atoms. The average molecular weight is 483 g/mol. The van der Waals surface area contributed by atoms with Gasteiger partial charge in [0.15, 0.2) is 0 Å². The third-order valence-electron chi connectivity index (χ3n) is 3.83. The summed E-state index contributed by atoms with van der Waals surface area (Å²) in [6.07, 6.45) is 1.66. The lowest BCUT2D eigenvalue weighted by atomic mass is 10.1. The Kier molecular flexibility index (Phi) is 6.69. The average Bonchev–Trinajstić information content (AvgIpc) is 2.93. The highest BCUT2D eigenvalue weighted by Crippen LogP contribution is 2.39. The van der Waals surface area contributed by atoms with Crippen LogP contribution in [-0.4, -0.2) is 24.4 Å². The van der Waals surface area contributed by atoms with Crippen LogP contribution in [0.1, 0.15) is 19.4 Å². The molecule has 0 saturated carbocycles. The van der Waals surface area contributed by atoms with Gasteiger partial charge in [-0.25, -0.2) is 4.90 Å². The van der Waals surface area contributed by atoms with Crippen molar-refractivity contribution in [1.29, 1.82) is 0 Å². The molecular weight excluding hydrogens is 466 g/mol. The molecule has 1 fully saturated rings. The molecule has 0 bridgehead atoms. The first-order chi connectivity index (χ1) is 13.4. The molecule has 0 aliphatic carbocycles. The number of benzene rings is 2. The second kappa shape index (κ2) is 9.03. The normalized spacial score (nSPS) is 15.4. The molecule has 2 amide bonds. The zero-order chi connectivity index (χ0) is 20.3. The highest BCUT2D eigenvalue weighted by molar-refractivity contribution is 9.10. The van der Waals surface area contributed by atoms with Crippen molar-refractivity contribution in [2.75, 3.05) is 18.1 Å². The second-order valence-corrected chi connectivity index (χ2v) is 7.96. The van der Waals surface area contributed by atoms with E-state index in [4.69, 9.17) is 21.1 Å². The van der Waals surface area contributed by atoms with Gasteiger partial charge in [0.25, 0.3) is 11.1 Å². The number of carbonyl (C=O) groups is 2. The summed E-state index contributed by atoms with van der Waals surface area (Å²) in [5.41, 5.74) is 1.16. The van der Waals surface area contributed by atoms with Gasteiger partial charge in [-0.15, -0.1) is 0 Å². The fourth-order valence-corrected chi connectivity index (χ4v) is 4.07. The molecule has 0 radical (unpaired) electrons. The summed E-state index contributed by atoms with van der Waals surface area (Å²) in [6, 6.07) is 10.1. The lowest BCUT2D eigenvalue weighted by molar-refractivity contribution is -0.113. The number of rotatable bonds is 6. The van der Waals surface area contributed by atoms with Gasteiger partial charge < -0.3 is 9.47 Å². The second-order valence-electron chi connectivity index (χ2n) is 5.68. The highest BCUT2D eigenvalue weighted by Gasteiger charge is 2.36. The first-order valence-corrected chi connectivity index (χ1v) is 10.6. The molecule has 1 aliphatic heterocycles. The highest BCUT2D eigenvalue weighted by atomic mass is 79.9. The monoisotopic (exact) mass is 481 g/mol. The molecule has 3 rings (SSSR count). The number of hydrogen-bond donors (Lipinski definition) is 0. The number of halogens is 2. The minimum absolute atomic E-state index is 0.317. The number of imide groups is 1. The van der Waals surface area contributed by atoms with Crippen LogP contribution < -0.4 is 14.4 Å². The Morgan fingerprint density at radius 3 is 2.36 bits per heavy atom. The van der Waals surface area contributed by atoms with Gasteiger partial charge in [-0.1, -0.05) is 11.6 Å². The van der Waals surface area contributed by atoms with Crippen LogP contribution in [0.15, 0.2) is 45.8 Å². The van der Waals surface area contributed by atoms with Gasteiger partial charge >= 0.3 is 0 Å². The summed E-state index contributed by atoms with van der Waals surface area (Å²) in [4.78, 5) is 26.7. The molecule has 0 N–H and O–H groups in total. The predicted molar refractivity (Wildman–Crippen MR) is 116 cm³/mol. The molecule has 8 heteroatoms. The van der Waals surface area contributed by atoms with Crippen molar-refractivity contribution in [1.82, 2.24) is 0 Å². The number of nitrogens with zero attached hydrogens (tertiary/aromatic N) is 1. The van der Waals surface area contributed by atoms with Gasteiger partial charge in [0.05, 0.1) is 28.3 Å². The van der Waals surface area contributed by atoms with Crippen LogP contribution in [0.2, 0.25) is 5.02 Å². The summed E-state index contributed by atoms with van der Waals surface area (Å²) >= 11 is 10.3. The first-order valence-electron chi connectivity index (χ1n) is 8.57. The molecular formula is C20H17BrClNO4S. The topological polar surface area (TPSA) is 55.8 Å². The Bertz CT molecular complexity index is 946. The first kappa shape index (κ1) is 20.8. The molecule has 1 saturated heterocycles. The molecule has 5 nitrogen and oxygen atoms in total. The fourth-order valence-electron chi connectivity index (χ4n) is 2.63. The van der Waals surface area contributed by atoms with E-state index >= 15 is 0 Å². The van der Waals surface area contributed by atoms with Crippen molar-refractivity contribution < 1.29 is 19.1 Å². The van der Waals surface area contributed by atoms with Crippen molar-refractivity contribution in [2.24, 2.45) is 0 Å². The van der Waals surface area contributed by atoms with Crippen molar-refractivity contribution in [2.45, 2.75) is 13.8 Å². The number of thioether (sulfide) groups is 1. The van der Waals surface area contributed by atoms with Gasteiger partial charge in [-0.05, 0) is 77.9 Å². The molecule has 146 valence electrons. The quantitative estimate of drug-likeness (QED) is 0.463. The van der Waals surface area contributed by atoms with Crippen LogP contribution in [0.3, 0.4) is 0 Å². The third kappa shape index (κ3) is 4.37. The zero-order valence-electron chi connectivity index (χ0n) is 15.2. The van der Waals surface area contributed by atoms with Gasteiger partial charge in [-0.3, -0.25) is 9.59 Å². The van der Waals surface area contributed by atoms with Gasteiger partial charge in [0.1, 0.15) is 11.5 Å². The Hall–Kier alpha value is -1.96. The SMILES string of the molecule is CCOc1cc(OCC)c(C=C2SC(=O)N(c3ccc(Cl)cc3)C2=O)cc1Br. The lowest BCUT2D eigenvalue weighted by Crippen LogP contribution is -2.27. The van der Waals surface area contributed by atoms with E-state index in [0.717, 1.165) is 21.1 Å². The van der Waals surface area contributed by atoms with Crippen LogP contribution in [0.4, 0.5) is 10.5 Å². The van der Waals surface area contributed by atoms with E-state index < -0.39 is 0 Å². The van der Waals surface area contributed by atoms with Crippen LogP contribution in [0, 0.1) is 0 Å². The number of amides is 2. The van der Waals surface area contributed by atoms with Gasteiger partial charge in [0, 0.05) is 16.7 Å². The summed E-state index contributed by atoms with van der Waals surface area (Å²) < 4.78 is 12.0. The maximum Gasteiger partial charge on any atom is 0.298 e. The van der Waals surface area contributed by atoms with E-state index in [1.807, 2.05) is 19.9 Å². The van der Waals surface area contributed by atoms with E-state index in [-0.39, 0.29) is 11.1 Å². The van der Waals surface area contributed by atoms with Crippen molar-refractivity contribution in [3.8, 4) is 11.5 Å². The van der Waals surface area contributed by atoms with Gasteiger partial charge in [0.2, 0.25) is 0 Å². The van der Waals surface area contributed by atoms with E-state index in [1.165, 1.54) is 0 Å². The van der Waals surface area contributed by atoms with E-state index in [2.05, 4.69) is 15.9 Å². The molecule has 1 aliphatic rings. The number of anilines is 1. The Morgan fingerprint density at radius 1 is 1.07 bits per heavy atom. The summed E-state index contributed by atoms with van der Waals surface area (Å²) in [7, 11) is 0. The number of carbonyl (C=O) groups excluding carboxylic acids is 2. The Balaban J connectivity index is 1.97. The minimum atomic E-state index is -0.384. The van der Waals surface area contributed by atoms with E-state index in [9.17, 15) is 9.59 Å².